The first-order valence-electron chi connectivity index (χ1n) is 7.79. The van der Waals surface area contributed by atoms with Gasteiger partial charge in [-0.2, -0.15) is 0 Å². The first-order chi connectivity index (χ1) is 10.4. The van der Waals surface area contributed by atoms with E-state index in [-0.39, 0.29) is 80.1 Å². The smallest absolute Gasteiger partial charge is 0.542 e. The molecule has 1 aliphatic rings. The second kappa shape index (κ2) is 10.6. The van der Waals surface area contributed by atoms with Crippen LogP contribution in [0.3, 0.4) is 0 Å². The Kier molecular flexibility index (Phi) is 10.4. The Morgan fingerprint density at radius 3 is 2.74 bits per heavy atom. The standard InChI is InChI=1S/C17H25O3S2.Cs/c1-13(2)7-8-22(18,19)16-6-4-5-15(10-16)12-21-17-9-14(3)11-20-17;/h4-6,10-11,13-14,17H,7-9,12H2,1-3H3;/q-1;+1/t14-,17?;/m1./s1. The maximum atomic E-state index is 12.4. The van der Waals surface area contributed by atoms with Crippen molar-refractivity contribution >= 4 is 21.6 Å². The molecule has 1 heterocycles. The number of sulfone groups is 1. The van der Waals surface area contributed by atoms with Crippen LogP contribution in [0.2, 0.25) is 0 Å². The SMILES string of the molecule is CC(C)CCS(=O)(=O)c1cccc(CSC2C[C@@H](C)[CH-]O2)c1.[Cs+]. The minimum Gasteiger partial charge on any atom is -0.542 e. The van der Waals surface area contributed by atoms with Gasteiger partial charge < -0.3 is 4.74 Å². The summed E-state index contributed by atoms with van der Waals surface area (Å²) in [5.74, 6) is 1.89. The van der Waals surface area contributed by atoms with E-state index in [0.717, 1.165) is 17.7 Å². The molecule has 1 saturated heterocycles. The summed E-state index contributed by atoms with van der Waals surface area (Å²) in [6.45, 7) is 8.12. The summed E-state index contributed by atoms with van der Waals surface area (Å²) in [5, 5.41) is 0. The Bertz CT molecular complexity index is 587. The van der Waals surface area contributed by atoms with E-state index in [1.165, 1.54) is 0 Å². The van der Waals surface area contributed by atoms with Crippen molar-refractivity contribution in [1.29, 1.82) is 0 Å². The minimum absolute atomic E-state index is 0. The van der Waals surface area contributed by atoms with Gasteiger partial charge in [-0.1, -0.05) is 32.9 Å². The zero-order chi connectivity index (χ0) is 16.2. The molecule has 23 heavy (non-hydrogen) atoms. The Hall–Kier alpha value is 1.53. The van der Waals surface area contributed by atoms with Gasteiger partial charge in [0.15, 0.2) is 9.84 Å². The third-order valence-electron chi connectivity index (χ3n) is 3.68. The number of hydrogen-bond acceptors (Lipinski definition) is 4. The van der Waals surface area contributed by atoms with Gasteiger partial charge in [-0.3, -0.25) is 0 Å². The Morgan fingerprint density at radius 2 is 2.13 bits per heavy atom. The van der Waals surface area contributed by atoms with Crippen LogP contribution in [0, 0.1) is 18.4 Å². The quantitative estimate of drug-likeness (QED) is 0.559. The van der Waals surface area contributed by atoms with Crippen LogP contribution in [-0.4, -0.2) is 19.6 Å². The maximum absolute atomic E-state index is 12.4. The van der Waals surface area contributed by atoms with E-state index >= 15 is 0 Å². The van der Waals surface area contributed by atoms with Crippen LogP contribution in [0.15, 0.2) is 29.2 Å². The average Bonchev–Trinajstić information content (AvgIpc) is 2.89. The van der Waals surface area contributed by atoms with Gasteiger partial charge in [0.25, 0.3) is 0 Å². The van der Waals surface area contributed by atoms with Crippen LogP contribution in [-0.2, 0) is 20.3 Å². The van der Waals surface area contributed by atoms with Gasteiger partial charge >= 0.3 is 68.9 Å². The molecular weight excluding hydrogens is 449 g/mol. The topological polar surface area (TPSA) is 43.4 Å². The molecular formula is C17H25CsO3S2. The number of rotatable bonds is 7. The van der Waals surface area contributed by atoms with Crippen molar-refractivity contribution in [2.45, 2.75) is 49.7 Å². The average molecular weight is 474 g/mol. The van der Waals surface area contributed by atoms with Gasteiger partial charge in [0.2, 0.25) is 0 Å². The van der Waals surface area contributed by atoms with Gasteiger partial charge in [0.05, 0.1) is 16.1 Å². The zero-order valence-corrected chi connectivity index (χ0v) is 22.4. The molecule has 6 heteroatoms. The number of thioether (sulfide) groups is 1. The summed E-state index contributed by atoms with van der Waals surface area (Å²) in [6.07, 6.45) is 1.72. The van der Waals surface area contributed by atoms with E-state index in [1.54, 1.807) is 17.8 Å². The Labute approximate surface area is 204 Å². The molecule has 2 rings (SSSR count). The van der Waals surface area contributed by atoms with Crippen LogP contribution in [0.4, 0.5) is 0 Å². The van der Waals surface area contributed by atoms with Crippen LogP contribution < -0.4 is 68.9 Å². The molecule has 124 valence electrons. The van der Waals surface area contributed by atoms with Gasteiger partial charge in [-0.15, -0.1) is 17.7 Å². The fraction of sp³-hybridized carbons (Fsp3) is 0.588. The molecule has 0 amide bonds. The number of hydrogen-bond donors (Lipinski definition) is 0. The molecule has 1 aromatic carbocycles. The van der Waals surface area contributed by atoms with Crippen molar-refractivity contribution in [3.8, 4) is 0 Å². The summed E-state index contributed by atoms with van der Waals surface area (Å²) in [6, 6.07) is 7.33. The molecule has 1 aliphatic heterocycles. The minimum atomic E-state index is -3.17. The molecule has 1 aromatic rings. The molecule has 0 spiro atoms. The Balaban J connectivity index is 0.00000264. The van der Waals surface area contributed by atoms with E-state index in [0.29, 0.717) is 23.2 Å². The third kappa shape index (κ3) is 7.75. The van der Waals surface area contributed by atoms with E-state index in [2.05, 4.69) is 6.92 Å². The molecule has 0 aromatic heterocycles. The van der Waals surface area contributed by atoms with Crippen molar-refractivity contribution in [3.63, 3.8) is 0 Å². The van der Waals surface area contributed by atoms with Gasteiger partial charge in [-0.25, -0.2) is 15.0 Å². The van der Waals surface area contributed by atoms with Crippen LogP contribution in [0.5, 0.6) is 0 Å². The fourth-order valence-corrected chi connectivity index (χ4v) is 5.04. The normalized spacial score (nSPS) is 21.4. The molecule has 2 atom stereocenters. The Morgan fingerprint density at radius 1 is 1.39 bits per heavy atom. The molecule has 0 aliphatic carbocycles. The van der Waals surface area contributed by atoms with Crippen molar-refractivity contribution in [2.24, 2.45) is 11.8 Å². The van der Waals surface area contributed by atoms with Gasteiger partial charge in [0, 0.05) is 5.75 Å². The first-order valence-corrected chi connectivity index (χ1v) is 10.5. The van der Waals surface area contributed by atoms with E-state index in [1.807, 2.05) is 38.7 Å². The number of benzene rings is 1. The van der Waals surface area contributed by atoms with E-state index in [9.17, 15) is 8.42 Å². The largest absolute Gasteiger partial charge is 1.00 e. The van der Waals surface area contributed by atoms with E-state index < -0.39 is 9.84 Å². The molecule has 3 nitrogen and oxygen atoms in total. The van der Waals surface area contributed by atoms with Crippen molar-refractivity contribution in [1.82, 2.24) is 0 Å². The van der Waals surface area contributed by atoms with Crippen LogP contribution in [0.25, 0.3) is 0 Å². The van der Waals surface area contributed by atoms with Gasteiger partial charge in [0.1, 0.15) is 0 Å². The van der Waals surface area contributed by atoms with Crippen molar-refractivity contribution in [3.05, 3.63) is 36.4 Å². The van der Waals surface area contributed by atoms with Crippen molar-refractivity contribution < 1.29 is 82.0 Å². The van der Waals surface area contributed by atoms with Crippen LogP contribution in [0.1, 0.15) is 39.2 Å². The third-order valence-corrected chi connectivity index (χ3v) is 6.60. The predicted octanol–water partition coefficient (Wildman–Crippen LogP) is 1.29. The molecule has 1 fully saturated rings. The monoisotopic (exact) mass is 474 g/mol. The second-order valence-corrected chi connectivity index (χ2v) is 9.63. The molecule has 1 unspecified atom stereocenters. The summed E-state index contributed by atoms with van der Waals surface area (Å²) in [5.41, 5.74) is 1.23. The molecule has 0 bridgehead atoms. The predicted molar refractivity (Wildman–Crippen MR) is 92.2 cm³/mol. The van der Waals surface area contributed by atoms with Gasteiger partial charge in [-0.05, 0) is 36.5 Å². The first kappa shape index (κ1) is 22.6. The molecule has 0 saturated carbocycles. The number of ether oxygens (including phenoxy) is 1. The van der Waals surface area contributed by atoms with E-state index in [4.69, 9.17) is 4.74 Å². The fourth-order valence-electron chi connectivity index (χ4n) is 2.27. The zero-order valence-electron chi connectivity index (χ0n) is 14.5. The summed E-state index contributed by atoms with van der Waals surface area (Å²) in [7, 11) is -3.17. The maximum Gasteiger partial charge on any atom is 1.00 e. The summed E-state index contributed by atoms with van der Waals surface area (Å²) in [4.78, 5) is 0.443. The van der Waals surface area contributed by atoms with Crippen LogP contribution >= 0.6 is 11.8 Å². The van der Waals surface area contributed by atoms with Crippen molar-refractivity contribution in [2.75, 3.05) is 5.75 Å². The summed E-state index contributed by atoms with van der Waals surface area (Å²) >= 11 is 1.73. The summed E-state index contributed by atoms with van der Waals surface area (Å²) < 4.78 is 30.3. The second-order valence-electron chi connectivity index (χ2n) is 6.37. The molecule has 0 radical (unpaired) electrons. The molecule has 0 N–H and O–H groups in total.